The van der Waals surface area contributed by atoms with Crippen LogP contribution in [0, 0.1) is 6.92 Å². The minimum Gasteiger partial charge on any atom is -0.338 e. The van der Waals surface area contributed by atoms with E-state index in [9.17, 15) is 14.4 Å². The number of amides is 1. The molecule has 0 spiro atoms. The molecule has 130 valence electrons. The molecule has 0 N–H and O–H groups in total. The molecule has 1 amide bonds. The molecule has 1 saturated heterocycles. The van der Waals surface area contributed by atoms with Crippen LogP contribution >= 0.6 is 0 Å². The second-order valence-electron chi connectivity index (χ2n) is 6.55. The molecule has 1 aromatic carbocycles. The second-order valence-corrected chi connectivity index (χ2v) is 6.55. The van der Waals surface area contributed by atoms with Crippen molar-refractivity contribution >= 4 is 11.7 Å². The normalized spacial score (nSPS) is 16.8. The highest BCUT2D eigenvalue weighted by Gasteiger charge is 2.30. The van der Waals surface area contributed by atoms with Gasteiger partial charge >= 0.3 is 0 Å². The zero-order chi connectivity index (χ0) is 17.8. The average Bonchev–Trinajstić information content (AvgIpc) is 3.06. The molecule has 1 fully saturated rings. The minimum atomic E-state index is -0.176. The highest BCUT2D eigenvalue weighted by atomic mass is 16.2. The van der Waals surface area contributed by atoms with Gasteiger partial charge in [0.1, 0.15) is 6.54 Å². The lowest BCUT2D eigenvalue weighted by Gasteiger charge is -2.24. The Hall–Kier alpha value is -2.69. The summed E-state index contributed by atoms with van der Waals surface area (Å²) >= 11 is 0. The third-order valence-electron chi connectivity index (χ3n) is 4.67. The summed E-state index contributed by atoms with van der Waals surface area (Å²) in [6, 6.07) is 12.4. The van der Waals surface area contributed by atoms with E-state index < -0.39 is 0 Å². The Morgan fingerprint density at radius 1 is 1.16 bits per heavy atom. The summed E-state index contributed by atoms with van der Waals surface area (Å²) in [4.78, 5) is 38.8. The van der Waals surface area contributed by atoms with Crippen molar-refractivity contribution < 1.29 is 9.59 Å². The maximum Gasteiger partial charge on any atom is 0.251 e. The number of rotatable bonds is 5. The molecular formula is C20H22N2O3. The van der Waals surface area contributed by atoms with Gasteiger partial charge in [-0.2, -0.15) is 0 Å². The molecule has 1 aromatic heterocycles. The molecule has 5 heteroatoms. The van der Waals surface area contributed by atoms with Crippen LogP contribution in [0.4, 0.5) is 0 Å². The first kappa shape index (κ1) is 17.1. The van der Waals surface area contributed by atoms with E-state index in [1.165, 1.54) is 10.6 Å². The fraction of sp³-hybridized carbons (Fsp3) is 0.350. The van der Waals surface area contributed by atoms with Gasteiger partial charge in [0.05, 0.1) is 0 Å². The number of nitrogens with zero attached hydrogens (tertiary/aromatic N) is 2. The molecule has 1 atom stereocenters. The van der Waals surface area contributed by atoms with Gasteiger partial charge in [-0.1, -0.05) is 30.3 Å². The minimum absolute atomic E-state index is 0.0230. The van der Waals surface area contributed by atoms with E-state index in [4.69, 9.17) is 0 Å². The molecule has 5 nitrogen and oxygen atoms in total. The summed E-state index contributed by atoms with van der Waals surface area (Å²) in [5.41, 5.74) is 1.38. The molecule has 2 aromatic rings. The number of likely N-dealkylation sites (tertiary alicyclic amines) is 1. The van der Waals surface area contributed by atoms with E-state index >= 15 is 0 Å². The summed E-state index contributed by atoms with van der Waals surface area (Å²) in [7, 11) is 0. The monoisotopic (exact) mass is 338 g/mol. The van der Waals surface area contributed by atoms with E-state index in [-0.39, 0.29) is 29.8 Å². The molecule has 2 heterocycles. The lowest BCUT2D eigenvalue weighted by atomic mass is 10.0. The number of carbonyl (C=O) groups is 2. The summed E-state index contributed by atoms with van der Waals surface area (Å²) in [6.45, 7) is 2.51. The van der Waals surface area contributed by atoms with Gasteiger partial charge in [0.15, 0.2) is 5.78 Å². The Kier molecular flexibility index (Phi) is 5.12. The number of aromatic nitrogens is 1. The Balaban J connectivity index is 1.67. The van der Waals surface area contributed by atoms with Crippen molar-refractivity contribution in [3.63, 3.8) is 0 Å². The molecule has 0 bridgehead atoms. The van der Waals surface area contributed by atoms with E-state index in [1.807, 2.05) is 31.2 Å². The largest absolute Gasteiger partial charge is 0.338 e. The van der Waals surface area contributed by atoms with Crippen molar-refractivity contribution in [1.82, 2.24) is 9.47 Å². The molecule has 1 aliphatic rings. The van der Waals surface area contributed by atoms with E-state index in [2.05, 4.69) is 0 Å². The number of ketones is 1. The smallest absolute Gasteiger partial charge is 0.251 e. The average molecular weight is 338 g/mol. The molecule has 3 rings (SSSR count). The van der Waals surface area contributed by atoms with Crippen LogP contribution in [0.15, 0.2) is 53.5 Å². The predicted molar refractivity (Wildman–Crippen MR) is 95.6 cm³/mol. The van der Waals surface area contributed by atoms with Crippen molar-refractivity contribution in [2.45, 2.75) is 38.8 Å². The molecule has 0 radical (unpaired) electrons. The number of benzene rings is 1. The Morgan fingerprint density at radius 3 is 2.64 bits per heavy atom. The fourth-order valence-corrected chi connectivity index (χ4v) is 3.31. The molecule has 25 heavy (non-hydrogen) atoms. The summed E-state index contributed by atoms with van der Waals surface area (Å²) in [6.07, 6.45) is 3.70. The van der Waals surface area contributed by atoms with Crippen LogP contribution in [0.25, 0.3) is 0 Å². The SMILES string of the molecule is Cc1ccn(CC(=O)N2CCCC2CC(=O)c2ccccc2)c(=O)c1. The topological polar surface area (TPSA) is 59.4 Å². The summed E-state index contributed by atoms with van der Waals surface area (Å²) < 4.78 is 1.42. The lowest BCUT2D eigenvalue weighted by molar-refractivity contribution is -0.132. The zero-order valence-electron chi connectivity index (χ0n) is 14.4. The van der Waals surface area contributed by atoms with Crippen molar-refractivity contribution in [1.29, 1.82) is 0 Å². The van der Waals surface area contributed by atoms with E-state index in [0.29, 0.717) is 18.5 Å². The van der Waals surface area contributed by atoms with Crippen LogP contribution in [0.5, 0.6) is 0 Å². The van der Waals surface area contributed by atoms with Gasteiger partial charge in [-0.25, -0.2) is 0 Å². The molecule has 1 aliphatic heterocycles. The Labute approximate surface area is 146 Å². The van der Waals surface area contributed by atoms with E-state index in [0.717, 1.165) is 18.4 Å². The maximum absolute atomic E-state index is 12.6. The van der Waals surface area contributed by atoms with Gasteiger partial charge in [-0.15, -0.1) is 0 Å². The highest BCUT2D eigenvalue weighted by Crippen LogP contribution is 2.22. The number of hydrogen-bond acceptors (Lipinski definition) is 3. The van der Waals surface area contributed by atoms with Crippen molar-refractivity contribution in [2.24, 2.45) is 0 Å². The van der Waals surface area contributed by atoms with Crippen molar-refractivity contribution in [3.8, 4) is 0 Å². The standard InChI is InChI=1S/C20H22N2O3/c1-15-9-11-21(19(24)12-15)14-20(25)22-10-5-8-17(22)13-18(23)16-6-3-2-4-7-16/h2-4,6-7,9,11-12,17H,5,8,10,13-14H2,1H3. The quantitative estimate of drug-likeness (QED) is 0.787. The first-order valence-corrected chi connectivity index (χ1v) is 8.59. The molecule has 0 saturated carbocycles. The molecule has 0 aliphatic carbocycles. The summed E-state index contributed by atoms with van der Waals surface area (Å²) in [5.74, 6) is -0.0490. The maximum atomic E-state index is 12.6. The third kappa shape index (κ3) is 4.05. The number of carbonyl (C=O) groups excluding carboxylic acids is 2. The van der Waals surface area contributed by atoms with Crippen molar-refractivity contribution in [2.75, 3.05) is 6.54 Å². The van der Waals surface area contributed by atoms with Gasteiger partial charge in [0.2, 0.25) is 5.91 Å². The number of Topliss-reactive ketones (excluding diaryl/α,β-unsaturated/α-hetero) is 1. The van der Waals surface area contributed by atoms with Gasteiger partial charge < -0.3 is 9.47 Å². The number of aryl methyl sites for hydroxylation is 1. The first-order chi connectivity index (χ1) is 12.0. The second kappa shape index (κ2) is 7.47. The van der Waals surface area contributed by atoms with Gasteiger partial charge in [-0.05, 0) is 31.4 Å². The molecular weight excluding hydrogens is 316 g/mol. The third-order valence-corrected chi connectivity index (χ3v) is 4.67. The molecule has 1 unspecified atom stereocenters. The Morgan fingerprint density at radius 2 is 1.92 bits per heavy atom. The van der Waals surface area contributed by atoms with Crippen LogP contribution in [-0.4, -0.2) is 33.7 Å². The Bertz CT molecular complexity index is 826. The van der Waals surface area contributed by atoms with Crippen molar-refractivity contribution in [3.05, 3.63) is 70.1 Å². The van der Waals surface area contributed by atoms with E-state index in [1.54, 1.807) is 23.2 Å². The zero-order valence-corrected chi connectivity index (χ0v) is 14.4. The predicted octanol–water partition coefficient (Wildman–Crippen LogP) is 2.42. The highest BCUT2D eigenvalue weighted by molar-refractivity contribution is 5.96. The number of hydrogen-bond donors (Lipinski definition) is 0. The summed E-state index contributed by atoms with van der Waals surface area (Å²) in [5, 5.41) is 0. The number of pyridine rings is 1. The van der Waals surface area contributed by atoms with Crippen LogP contribution in [0.3, 0.4) is 0 Å². The van der Waals surface area contributed by atoms with Gasteiger partial charge in [-0.3, -0.25) is 14.4 Å². The lowest BCUT2D eigenvalue weighted by Crippen LogP contribution is -2.40. The van der Waals surface area contributed by atoms with Gasteiger partial charge in [0, 0.05) is 36.8 Å². The van der Waals surface area contributed by atoms with Crippen LogP contribution < -0.4 is 5.56 Å². The van der Waals surface area contributed by atoms with Crippen LogP contribution in [0.1, 0.15) is 35.2 Å². The van der Waals surface area contributed by atoms with Gasteiger partial charge in [0.25, 0.3) is 5.56 Å². The van der Waals surface area contributed by atoms with Crippen LogP contribution in [0.2, 0.25) is 0 Å². The van der Waals surface area contributed by atoms with Crippen LogP contribution in [-0.2, 0) is 11.3 Å². The fourth-order valence-electron chi connectivity index (χ4n) is 3.31. The first-order valence-electron chi connectivity index (χ1n) is 8.59.